The monoisotopic (exact) mass is 418 g/mol. The molecule has 0 fully saturated rings. The van der Waals surface area contributed by atoms with Crippen LogP contribution in [0.3, 0.4) is 0 Å². The topological polar surface area (TPSA) is 35.5 Å². The number of halogens is 1. The number of methoxy groups -OCH3 is 1. The lowest BCUT2D eigenvalue weighted by atomic mass is 10.0. The van der Waals surface area contributed by atoms with Gasteiger partial charge in [0.1, 0.15) is 5.75 Å². The van der Waals surface area contributed by atoms with Crippen LogP contribution in [0.1, 0.15) is 48.9 Å². The van der Waals surface area contributed by atoms with Crippen molar-refractivity contribution in [2.24, 2.45) is 0 Å². The van der Waals surface area contributed by atoms with Crippen LogP contribution in [0.4, 0.5) is 0 Å². The molecule has 0 N–H and O–H groups in total. The van der Waals surface area contributed by atoms with E-state index in [9.17, 15) is 4.79 Å². The fraction of sp³-hybridized carbons (Fsp3) is 0.409. The summed E-state index contributed by atoms with van der Waals surface area (Å²) in [6.07, 6.45) is 7.52. The molecule has 0 amide bonds. The number of unbranched alkanes of at least 4 members (excludes halogenated alkanes) is 5. The van der Waals surface area contributed by atoms with Crippen molar-refractivity contribution in [2.45, 2.75) is 38.5 Å². The Morgan fingerprint density at radius 2 is 1.35 bits per heavy atom. The zero-order chi connectivity index (χ0) is 18.6. The molecule has 26 heavy (non-hydrogen) atoms. The van der Waals surface area contributed by atoms with Gasteiger partial charge in [0.25, 0.3) is 0 Å². The molecule has 0 aromatic heterocycles. The van der Waals surface area contributed by atoms with Gasteiger partial charge in [-0.3, -0.25) is 0 Å². The van der Waals surface area contributed by atoms with Crippen molar-refractivity contribution in [3.8, 4) is 16.9 Å². The van der Waals surface area contributed by atoms with Gasteiger partial charge in [0.2, 0.25) is 0 Å². The van der Waals surface area contributed by atoms with Gasteiger partial charge in [-0.1, -0.05) is 65.9 Å². The Balaban J connectivity index is 1.75. The highest BCUT2D eigenvalue weighted by Gasteiger charge is 2.05. The summed E-state index contributed by atoms with van der Waals surface area (Å²) < 4.78 is 10.5. The highest BCUT2D eigenvalue weighted by Crippen LogP contribution is 2.23. The van der Waals surface area contributed by atoms with Crippen molar-refractivity contribution in [1.82, 2.24) is 0 Å². The highest BCUT2D eigenvalue weighted by atomic mass is 79.9. The minimum atomic E-state index is -0.316. The number of carbonyl (C=O) groups excluding carboxylic acids is 1. The number of rotatable bonds is 11. The van der Waals surface area contributed by atoms with Crippen LogP contribution < -0.4 is 4.74 Å². The lowest BCUT2D eigenvalue weighted by Crippen LogP contribution is -2.00. The maximum absolute atomic E-state index is 11.5. The molecule has 0 radical (unpaired) electrons. The van der Waals surface area contributed by atoms with Crippen molar-refractivity contribution in [2.75, 3.05) is 19.0 Å². The van der Waals surface area contributed by atoms with Crippen molar-refractivity contribution >= 4 is 21.9 Å². The van der Waals surface area contributed by atoms with Gasteiger partial charge in [-0.15, -0.1) is 0 Å². The first kappa shape index (κ1) is 20.5. The predicted octanol–water partition coefficient (Wildman–Crippen LogP) is 6.25. The van der Waals surface area contributed by atoms with Crippen LogP contribution in [0.5, 0.6) is 5.75 Å². The molecule has 0 aliphatic rings. The maximum Gasteiger partial charge on any atom is 0.337 e. The minimum Gasteiger partial charge on any atom is -0.494 e. The predicted molar refractivity (Wildman–Crippen MR) is 110 cm³/mol. The lowest BCUT2D eigenvalue weighted by Gasteiger charge is -2.08. The van der Waals surface area contributed by atoms with Gasteiger partial charge in [-0.25, -0.2) is 4.79 Å². The summed E-state index contributed by atoms with van der Waals surface area (Å²) in [5.41, 5.74) is 2.72. The Bertz CT molecular complexity index is 650. The Kier molecular flexibility index (Phi) is 9.26. The summed E-state index contributed by atoms with van der Waals surface area (Å²) in [5.74, 6) is 0.586. The molecular weight excluding hydrogens is 392 g/mol. The second-order valence-electron chi connectivity index (χ2n) is 6.25. The van der Waals surface area contributed by atoms with E-state index in [0.717, 1.165) is 35.2 Å². The fourth-order valence-corrected chi connectivity index (χ4v) is 3.15. The zero-order valence-electron chi connectivity index (χ0n) is 15.4. The Hall–Kier alpha value is -1.81. The van der Waals surface area contributed by atoms with E-state index in [0.29, 0.717) is 5.56 Å². The fourth-order valence-electron chi connectivity index (χ4n) is 2.75. The standard InChI is InChI=1S/C22H27BrO3/c1-25-22(24)20-10-8-18(9-11-20)19-12-14-21(15-13-19)26-17-7-5-3-2-4-6-16-23/h8-15H,2-7,16-17H2,1H3. The summed E-state index contributed by atoms with van der Waals surface area (Å²) in [6, 6.07) is 15.5. The Morgan fingerprint density at radius 1 is 0.808 bits per heavy atom. The van der Waals surface area contributed by atoms with Gasteiger partial charge in [0.05, 0.1) is 19.3 Å². The van der Waals surface area contributed by atoms with E-state index in [4.69, 9.17) is 9.47 Å². The third kappa shape index (κ3) is 6.83. The molecule has 2 rings (SSSR count). The number of esters is 1. The van der Waals surface area contributed by atoms with Gasteiger partial charge in [0.15, 0.2) is 0 Å². The first-order chi connectivity index (χ1) is 12.7. The van der Waals surface area contributed by atoms with Crippen molar-refractivity contribution in [3.63, 3.8) is 0 Å². The molecule has 0 spiro atoms. The molecule has 140 valence electrons. The van der Waals surface area contributed by atoms with E-state index >= 15 is 0 Å². The van der Waals surface area contributed by atoms with Crippen molar-refractivity contribution < 1.29 is 14.3 Å². The normalized spacial score (nSPS) is 10.5. The van der Waals surface area contributed by atoms with Crippen LogP contribution in [-0.4, -0.2) is 25.0 Å². The van der Waals surface area contributed by atoms with Crippen LogP contribution in [0.2, 0.25) is 0 Å². The number of alkyl halides is 1. The Labute approximate surface area is 164 Å². The van der Waals surface area contributed by atoms with E-state index in [1.165, 1.54) is 39.2 Å². The SMILES string of the molecule is COC(=O)c1ccc(-c2ccc(OCCCCCCCCBr)cc2)cc1. The Morgan fingerprint density at radius 3 is 1.92 bits per heavy atom. The van der Waals surface area contributed by atoms with Gasteiger partial charge >= 0.3 is 5.97 Å². The lowest BCUT2D eigenvalue weighted by molar-refractivity contribution is 0.0601. The molecule has 0 heterocycles. The quantitative estimate of drug-likeness (QED) is 0.245. The number of benzene rings is 2. The number of hydrogen-bond donors (Lipinski definition) is 0. The third-order valence-corrected chi connectivity index (χ3v) is 4.85. The molecule has 4 heteroatoms. The van der Waals surface area contributed by atoms with Crippen LogP contribution >= 0.6 is 15.9 Å². The summed E-state index contributed by atoms with van der Waals surface area (Å²) in [4.78, 5) is 11.5. The number of hydrogen-bond acceptors (Lipinski definition) is 3. The van der Waals surface area contributed by atoms with Crippen molar-refractivity contribution in [1.29, 1.82) is 0 Å². The summed E-state index contributed by atoms with van der Waals surface area (Å²) in [7, 11) is 1.39. The van der Waals surface area contributed by atoms with E-state index in [-0.39, 0.29) is 5.97 Å². The average molecular weight is 419 g/mol. The van der Waals surface area contributed by atoms with Crippen molar-refractivity contribution in [3.05, 3.63) is 54.1 Å². The molecule has 0 bridgehead atoms. The van der Waals surface area contributed by atoms with Gasteiger partial charge in [-0.2, -0.15) is 0 Å². The largest absolute Gasteiger partial charge is 0.494 e. The van der Waals surface area contributed by atoms with E-state index in [1.807, 2.05) is 36.4 Å². The van der Waals surface area contributed by atoms with Gasteiger partial charge in [0, 0.05) is 5.33 Å². The molecule has 0 saturated heterocycles. The molecular formula is C22H27BrO3. The minimum absolute atomic E-state index is 0.316. The first-order valence-electron chi connectivity index (χ1n) is 9.22. The zero-order valence-corrected chi connectivity index (χ0v) is 17.0. The summed E-state index contributed by atoms with van der Waals surface area (Å²) in [5, 5.41) is 1.11. The molecule has 3 nitrogen and oxygen atoms in total. The summed E-state index contributed by atoms with van der Waals surface area (Å²) >= 11 is 3.46. The average Bonchev–Trinajstić information content (AvgIpc) is 2.70. The van der Waals surface area contributed by atoms with Crippen LogP contribution in [0, 0.1) is 0 Å². The second-order valence-corrected chi connectivity index (χ2v) is 7.05. The second kappa shape index (κ2) is 11.7. The van der Waals surface area contributed by atoms with Gasteiger partial charge < -0.3 is 9.47 Å². The highest BCUT2D eigenvalue weighted by molar-refractivity contribution is 9.09. The van der Waals surface area contributed by atoms with E-state index < -0.39 is 0 Å². The van der Waals surface area contributed by atoms with Crippen LogP contribution in [0.25, 0.3) is 11.1 Å². The number of carbonyl (C=O) groups is 1. The maximum atomic E-state index is 11.5. The van der Waals surface area contributed by atoms with E-state index in [1.54, 1.807) is 12.1 Å². The van der Waals surface area contributed by atoms with Crippen LogP contribution in [-0.2, 0) is 4.74 Å². The molecule has 0 atom stereocenters. The molecule has 2 aromatic rings. The van der Waals surface area contributed by atoms with Gasteiger partial charge in [-0.05, 0) is 48.2 Å². The van der Waals surface area contributed by atoms with Crippen LogP contribution in [0.15, 0.2) is 48.5 Å². The molecule has 2 aromatic carbocycles. The smallest absolute Gasteiger partial charge is 0.337 e. The summed E-state index contributed by atoms with van der Waals surface area (Å²) in [6.45, 7) is 0.769. The third-order valence-electron chi connectivity index (χ3n) is 4.29. The van der Waals surface area contributed by atoms with E-state index in [2.05, 4.69) is 15.9 Å². The number of ether oxygens (including phenoxy) is 2. The first-order valence-corrected chi connectivity index (χ1v) is 10.3. The molecule has 0 unspecified atom stereocenters. The molecule has 0 aliphatic heterocycles. The molecule has 0 aliphatic carbocycles. The molecule has 0 saturated carbocycles.